The third kappa shape index (κ3) is 4.58. The number of aryl methyl sites for hydroxylation is 1. The maximum Gasteiger partial charge on any atom is 0.160 e. The van der Waals surface area contributed by atoms with Crippen LogP contribution in [0.15, 0.2) is 84.1 Å². The molecule has 0 N–H and O–H groups in total. The van der Waals surface area contributed by atoms with Crippen molar-refractivity contribution in [2.24, 2.45) is 0 Å². The van der Waals surface area contributed by atoms with Gasteiger partial charge in [-0.15, -0.1) is 10.2 Å². The van der Waals surface area contributed by atoms with Gasteiger partial charge in [0.2, 0.25) is 0 Å². The average molecular weight is 388 g/mol. The van der Waals surface area contributed by atoms with E-state index < -0.39 is 0 Å². The molecule has 0 spiro atoms. The maximum absolute atomic E-state index is 5.83. The first-order valence-electron chi connectivity index (χ1n) is 9.00. The second-order valence-corrected chi connectivity index (χ2v) is 7.28. The van der Waals surface area contributed by atoms with Crippen LogP contribution in [0.1, 0.15) is 17.0 Å². The third-order valence-electron chi connectivity index (χ3n) is 4.26. The number of aromatic nitrogens is 4. The van der Waals surface area contributed by atoms with Gasteiger partial charge in [0.05, 0.1) is 0 Å². The lowest BCUT2D eigenvalue weighted by Crippen LogP contribution is -2.00. The van der Waals surface area contributed by atoms with Gasteiger partial charge in [0.1, 0.15) is 23.2 Å². The molecule has 0 saturated heterocycles. The molecule has 28 heavy (non-hydrogen) atoms. The molecule has 0 fully saturated rings. The average Bonchev–Trinajstić information content (AvgIpc) is 3.18. The van der Waals surface area contributed by atoms with E-state index in [1.54, 1.807) is 18.0 Å². The van der Waals surface area contributed by atoms with Crippen LogP contribution in [0.25, 0.3) is 5.82 Å². The highest BCUT2D eigenvalue weighted by Crippen LogP contribution is 2.23. The monoisotopic (exact) mass is 388 g/mol. The van der Waals surface area contributed by atoms with Gasteiger partial charge in [0, 0.05) is 18.1 Å². The minimum absolute atomic E-state index is 0.577. The number of rotatable bonds is 7. The third-order valence-corrected chi connectivity index (χ3v) is 5.25. The minimum atomic E-state index is 0.577. The van der Waals surface area contributed by atoms with Gasteiger partial charge in [-0.1, -0.05) is 54.2 Å². The van der Waals surface area contributed by atoms with Crippen LogP contribution in [0, 0.1) is 6.92 Å². The Morgan fingerprint density at radius 2 is 1.71 bits per heavy atom. The summed E-state index contributed by atoms with van der Waals surface area (Å²) in [6.45, 7) is 2.52. The molecule has 2 aromatic heterocycles. The summed E-state index contributed by atoms with van der Waals surface area (Å²) in [5.41, 5.74) is 2.38. The maximum atomic E-state index is 5.83. The molecule has 0 aliphatic carbocycles. The lowest BCUT2D eigenvalue weighted by molar-refractivity contribution is 0.306. The summed E-state index contributed by atoms with van der Waals surface area (Å²) in [6, 6.07) is 22.3. The Hall–Kier alpha value is -3.12. The predicted octanol–water partition coefficient (Wildman–Crippen LogP) is 4.84. The van der Waals surface area contributed by atoms with Crippen molar-refractivity contribution < 1.29 is 4.74 Å². The van der Waals surface area contributed by atoms with Crippen LogP contribution in [0.2, 0.25) is 0 Å². The number of nitrogens with zero attached hydrogens (tertiary/aromatic N) is 4. The normalized spacial score (nSPS) is 10.8. The van der Waals surface area contributed by atoms with Crippen LogP contribution >= 0.6 is 11.8 Å². The topological polar surface area (TPSA) is 52.8 Å². The number of hydrogen-bond acceptors (Lipinski definition) is 5. The first-order chi connectivity index (χ1) is 13.8. The number of imidazole rings is 1. The smallest absolute Gasteiger partial charge is 0.160 e. The summed E-state index contributed by atoms with van der Waals surface area (Å²) in [4.78, 5) is 4.21. The molecule has 0 atom stereocenters. The number of hydrogen-bond donors (Lipinski definition) is 0. The van der Waals surface area contributed by atoms with E-state index in [1.807, 2.05) is 60.2 Å². The minimum Gasteiger partial charge on any atom is -0.489 e. The van der Waals surface area contributed by atoms with Crippen LogP contribution < -0.4 is 4.74 Å². The van der Waals surface area contributed by atoms with Crippen LogP contribution in [-0.4, -0.2) is 19.7 Å². The Morgan fingerprint density at radius 3 is 2.39 bits per heavy atom. The molecule has 2 heterocycles. The molecule has 5 nitrogen and oxygen atoms in total. The summed E-state index contributed by atoms with van der Waals surface area (Å²) in [5.74, 6) is 3.37. The first kappa shape index (κ1) is 18.3. The molecule has 0 bridgehead atoms. The molecule has 6 heteroatoms. The summed E-state index contributed by atoms with van der Waals surface area (Å²) >= 11 is 1.66. The van der Waals surface area contributed by atoms with Crippen molar-refractivity contribution in [1.82, 2.24) is 19.7 Å². The Morgan fingerprint density at radius 1 is 0.893 bits per heavy atom. The summed E-state index contributed by atoms with van der Waals surface area (Å²) in [7, 11) is 0. The van der Waals surface area contributed by atoms with Gasteiger partial charge in [0.15, 0.2) is 5.82 Å². The van der Waals surface area contributed by atoms with E-state index in [2.05, 4.69) is 39.4 Å². The van der Waals surface area contributed by atoms with E-state index in [0.29, 0.717) is 6.61 Å². The summed E-state index contributed by atoms with van der Waals surface area (Å²) < 4.78 is 7.74. The predicted molar refractivity (Wildman–Crippen MR) is 111 cm³/mol. The second-order valence-electron chi connectivity index (χ2n) is 6.28. The zero-order chi connectivity index (χ0) is 19.2. The van der Waals surface area contributed by atoms with E-state index in [-0.39, 0.29) is 0 Å². The number of benzene rings is 2. The van der Waals surface area contributed by atoms with E-state index in [9.17, 15) is 0 Å². The van der Waals surface area contributed by atoms with Gasteiger partial charge in [-0.05, 0) is 42.3 Å². The second kappa shape index (κ2) is 8.71. The standard InChI is InChI=1S/C22H20N4OS/c1-17-23-13-14-26(17)21-11-12-22(25-24-21)28-16-19-7-9-20(10-8-19)27-15-18-5-3-2-4-6-18/h2-14H,15-16H2,1H3. The van der Waals surface area contributed by atoms with Gasteiger partial charge >= 0.3 is 0 Å². The van der Waals surface area contributed by atoms with Crippen molar-refractivity contribution in [3.8, 4) is 11.6 Å². The van der Waals surface area contributed by atoms with Crippen molar-refractivity contribution in [3.05, 3.63) is 96.1 Å². The van der Waals surface area contributed by atoms with Crippen molar-refractivity contribution >= 4 is 11.8 Å². The highest BCUT2D eigenvalue weighted by Gasteiger charge is 2.04. The van der Waals surface area contributed by atoms with Crippen molar-refractivity contribution in [2.75, 3.05) is 0 Å². The lowest BCUT2D eigenvalue weighted by Gasteiger charge is -2.07. The largest absolute Gasteiger partial charge is 0.489 e. The highest BCUT2D eigenvalue weighted by molar-refractivity contribution is 7.98. The Labute approximate surface area is 168 Å². The Balaban J connectivity index is 1.30. The van der Waals surface area contributed by atoms with Crippen molar-refractivity contribution in [1.29, 1.82) is 0 Å². The molecule has 0 aliphatic rings. The molecular formula is C22H20N4OS. The Bertz CT molecular complexity index is 1010. The molecule has 0 aliphatic heterocycles. The first-order valence-corrected chi connectivity index (χ1v) is 9.99. The molecule has 0 unspecified atom stereocenters. The molecule has 0 amide bonds. The van der Waals surface area contributed by atoms with Crippen molar-refractivity contribution in [3.63, 3.8) is 0 Å². The van der Waals surface area contributed by atoms with Crippen LogP contribution in [-0.2, 0) is 12.4 Å². The SMILES string of the molecule is Cc1nccn1-c1ccc(SCc2ccc(OCc3ccccc3)cc2)nn1. The van der Waals surface area contributed by atoms with Gasteiger partial charge in [-0.3, -0.25) is 4.57 Å². The fourth-order valence-corrected chi connectivity index (χ4v) is 3.49. The zero-order valence-electron chi connectivity index (χ0n) is 15.5. The number of ether oxygens (including phenoxy) is 1. The van der Waals surface area contributed by atoms with E-state index in [4.69, 9.17) is 4.74 Å². The summed E-state index contributed by atoms with van der Waals surface area (Å²) in [6.07, 6.45) is 3.64. The lowest BCUT2D eigenvalue weighted by atomic mass is 10.2. The van der Waals surface area contributed by atoms with Crippen LogP contribution in [0.4, 0.5) is 0 Å². The zero-order valence-corrected chi connectivity index (χ0v) is 16.3. The van der Waals surface area contributed by atoms with Gasteiger partial charge < -0.3 is 4.74 Å². The van der Waals surface area contributed by atoms with E-state index in [1.165, 1.54) is 5.56 Å². The fourth-order valence-electron chi connectivity index (χ4n) is 2.72. The molecule has 0 saturated carbocycles. The summed E-state index contributed by atoms with van der Waals surface area (Å²) in [5, 5.41) is 9.50. The van der Waals surface area contributed by atoms with Crippen molar-refractivity contribution in [2.45, 2.75) is 24.3 Å². The number of thioether (sulfide) groups is 1. The Kier molecular flexibility index (Phi) is 5.68. The fraction of sp³-hybridized carbons (Fsp3) is 0.136. The van der Waals surface area contributed by atoms with E-state index in [0.717, 1.165) is 33.7 Å². The molecule has 140 valence electrons. The molecule has 4 rings (SSSR count). The molecule has 2 aromatic carbocycles. The van der Waals surface area contributed by atoms with Gasteiger partial charge in [-0.25, -0.2) is 4.98 Å². The molecular weight excluding hydrogens is 368 g/mol. The van der Waals surface area contributed by atoms with Gasteiger partial charge in [-0.2, -0.15) is 0 Å². The van der Waals surface area contributed by atoms with Gasteiger partial charge in [0.25, 0.3) is 0 Å². The highest BCUT2D eigenvalue weighted by atomic mass is 32.2. The molecule has 4 aromatic rings. The van der Waals surface area contributed by atoms with E-state index >= 15 is 0 Å². The van der Waals surface area contributed by atoms with Crippen LogP contribution in [0.3, 0.4) is 0 Å². The molecule has 0 radical (unpaired) electrons. The van der Waals surface area contributed by atoms with Crippen LogP contribution in [0.5, 0.6) is 5.75 Å². The quantitative estimate of drug-likeness (QED) is 0.424.